The van der Waals surface area contributed by atoms with Crippen LogP contribution in [0.3, 0.4) is 0 Å². The van der Waals surface area contributed by atoms with E-state index in [4.69, 9.17) is 9.97 Å². The van der Waals surface area contributed by atoms with Gasteiger partial charge in [-0.2, -0.15) is 0 Å². The van der Waals surface area contributed by atoms with Crippen LogP contribution in [0.5, 0.6) is 0 Å². The van der Waals surface area contributed by atoms with Gasteiger partial charge in [0.05, 0.1) is 33.5 Å². The van der Waals surface area contributed by atoms with Gasteiger partial charge >= 0.3 is 0 Å². The summed E-state index contributed by atoms with van der Waals surface area (Å²) in [4.78, 5) is 10.3. The molecule has 258 valence electrons. The third-order valence-corrected chi connectivity index (χ3v) is 10.8. The average Bonchev–Trinajstić information content (AvgIpc) is 3.70. The van der Waals surface area contributed by atoms with E-state index in [2.05, 4.69) is 195 Å². The van der Waals surface area contributed by atoms with Gasteiger partial charge in [-0.05, 0) is 106 Å². The average molecular weight is 695 g/mol. The number of benzene rings is 7. The molecule has 0 aliphatic rings. The fraction of sp³-hybridized carbons (Fsp3) is 0.0800. The van der Waals surface area contributed by atoms with Crippen molar-refractivity contribution in [3.05, 3.63) is 180 Å². The van der Waals surface area contributed by atoms with Gasteiger partial charge in [-0.1, -0.05) is 102 Å². The minimum atomic E-state index is 0.733. The van der Waals surface area contributed by atoms with E-state index in [0.717, 1.165) is 45.3 Å². The summed E-state index contributed by atoms with van der Waals surface area (Å²) in [7, 11) is 0. The summed E-state index contributed by atoms with van der Waals surface area (Å²) < 4.78 is 4.82. The van der Waals surface area contributed by atoms with Crippen LogP contribution >= 0.6 is 0 Å². The van der Waals surface area contributed by atoms with Crippen LogP contribution in [0, 0.1) is 27.7 Å². The zero-order chi connectivity index (χ0) is 36.5. The van der Waals surface area contributed by atoms with Gasteiger partial charge in [0.25, 0.3) is 0 Å². The summed E-state index contributed by atoms with van der Waals surface area (Å²) in [5.41, 5.74) is 16.9. The van der Waals surface area contributed by atoms with Gasteiger partial charge in [0.1, 0.15) is 0 Å². The predicted octanol–water partition coefficient (Wildman–Crippen LogP) is 12.9. The molecule has 0 saturated carbocycles. The highest BCUT2D eigenvalue weighted by Crippen LogP contribution is 2.39. The third-order valence-electron chi connectivity index (χ3n) is 10.8. The molecule has 0 radical (unpaired) electrons. The van der Waals surface area contributed by atoms with Gasteiger partial charge in [-0.3, -0.25) is 0 Å². The number of aryl methyl sites for hydroxylation is 4. The van der Waals surface area contributed by atoms with E-state index >= 15 is 0 Å². The summed E-state index contributed by atoms with van der Waals surface area (Å²) in [5, 5.41) is 4.99. The molecule has 0 spiro atoms. The van der Waals surface area contributed by atoms with Crippen molar-refractivity contribution in [2.75, 3.05) is 0 Å². The second-order valence-electron chi connectivity index (χ2n) is 14.6. The van der Waals surface area contributed by atoms with Crippen molar-refractivity contribution in [2.45, 2.75) is 27.7 Å². The Bertz CT molecular complexity index is 2960. The second kappa shape index (κ2) is 12.4. The van der Waals surface area contributed by atoms with E-state index in [9.17, 15) is 0 Å². The van der Waals surface area contributed by atoms with E-state index in [1.54, 1.807) is 0 Å². The van der Waals surface area contributed by atoms with Gasteiger partial charge in [0.15, 0.2) is 5.82 Å². The topological polar surface area (TPSA) is 35.6 Å². The monoisotopic (exact) mass is 694 g/mol. The molecule has 7 aromatic carbocycles. The van der Waals surface area contributed by atoms with Crippen LogP contribution in [0.25, 0.3) is 88.9 Å². The Balaban J connectivity index is 1.15. The standard InChI is InChI=1S/C50H38N4/c1-31-13-11-15-35(25-31)43-30-44(52-50(51-43)36-16-12-14-32(2)26-36)49-33(3)27-38(28-34(49)4)54-47-22-10-7-19-41(47)42-29-37(23-24-48(42)54)53-45-20-8-5-17-39(45)40-18-6-9-21-46(40)53/h5-30H,1-4H3. The first kappa shape index (κ1) is 31.9. The number of hydrogen-bond acceptors (Lipinski definition) is 2. The fourth-order valence-corrected chi connectivity index (χ4v) is 8.49. The Morgan fingerprint density at radius 1 is 0.370 bits per heavy atom. The Hall–Kier alpha value is -6.78. The lowest BCUT2D eigenvalue weighted by molar-refractivity contribution is 1.14. The zero-order valence-corrected chi connectivity index (χ0v) is 30.8. The Morgan fingerprint density at radius 2 is 0.870 bits per heavy atom. The molecule has 0 fully saturated rings. The van der Waals surface area contributed by atoms with Gasteiger partial charge in [-0.25, -0.2) is 9.97 Å². The second-order valence-corrected chi connectivity index (χ2v) is 14.6. The molecule has 0 aliphatic carbocycles. The summed E-state index contributed by atoms with van der Waals surface area (Å²) in [6.45, 7) is 8.66. The van der Waals surface area contributed by atoms with Gasteiger partial charge < -0.3 is 9.13 Å². The molecule has 0 saturated heterocycles. The maximum Gasteiger partial charge on any atom is 0.160 e. The van der Waals surface area contributed by atoms with Crippen molar-refractivity contribution in [1.29, 1.82) is 0 Å². The van der Waals surface area contributed by atoms with Gasteiger partial charge in [-0.15, -0.1) is 0 Å². The van der Waals surface area contributed by atoms with Crippen molar-refractivity contribution < 1.29 is 0 Å². The molecule has 0 atom stereocenters. The molecule has 0 aliphatic heterocycles. The normalized spacial score (nSPS) is 11.7. The lowest BCUT2D eigenvalue weighted by Crippen LogP contribution is -2.01. The van der Waals surface area contributed by atoms with Crippen molar-refractivity contribution in [3.8, 4) is 45.3 Å². The summed E-state index contributed by atoms with van der Waals surface area (Å²) in [5.74, 6) is 0.733. The van der Waals surface area contributed by atoms with E-state index < -0.39 is 0 Å². The van der Waals surface area contributed by atoms with Crippen LogP contribution < -0.4 is 0 Å². The largest absolute Gasteiger partial charge is 0.309 e. The number of para-hydroxylation sites is 3. The van der Waals surface area contributed by atoms with Crippen LogP contribution in [0.1, 0.15) is 22.3 Å². The smallest absolute Gasteiger partial charge is 0.160 e. The Kier molecular flexibility index (Phi) is 7.34. The molecule has 0 bridgehead atoms. The number of fused-ring (bicyclic) bond motifs is 6. The maximum atomic E-state index is 5.23. The highest BCUT2D eigenvalue weighted by molar-refractivity contribution is 6.12. The van der Waals surface area contributed by atoms with E-state index in [1.165, 1.54) is 65.9 Å². The zero-order valence-electron chi connectivity index (χ0n) is 30.8. The molecule has 3 aromatic heterocycles. The van der Waals surface area contributed by atoms with Crippen molar-refractivity contribution in [1.82, 2.24) is 19.1 Å². The molecule has 54 heavy (non-hydrogen) atoms. The number of aromatic nitrogens is 4. The molecule has 4 nitrogen and oxygen atoms in total. The molecular formula is C50H38N4. The number of nitrogens with zero attached hydrogens (tertiary/aromatic N) is 4. The summed E-state index contributed by atoms with van der Waals surface area (Å²) in [6.07, 6.45) is 0. The minimum Gasteiger partial charge on any atom is -0.309 e. The third kappa shape index (κ3) is 5.14. The van der Waals surface area contributed by atoms with E-state index in [-0.39, 0.29) is 0 Å². The van der Waals surface area contributed by atoms with Crippen LogP contribution in [0.15, 0.2) is 158 Å². The molecule has 10 rings (SSSR count). The Morgan fingerprint density at radius 3 is 1.48 bits per heavy atom. The summed E-state index contributed by atoms with van der Waals surface area (Å²) >= 11 is 0. The van der Waals surface area contributed by atoms with Crippen LogP contribution in [-0.2, 0) is 0 Å². The first-order valence-corrected chi connectivity index (χ1v) is 18.6. The van der Waals surface area contributed by atoms with Crippen LogP contribution in [-0.4, -0.2) is 19.1 Å². The molecule has 4 heteroatoms. The first-order valence-electron chi connectivity index (χ1n) is 18.6. The first-order chi connectivity index (χ1) is 26.4. The van der Waals surface area contributed by atoms with Crippen molar-refractivity contribution in [3.63, 3.8) is 0 Å². The molecule has 0 unspecified atom stereocenters. The van der Waals surface area contributed by atoms with Crippen molar-refractivity contribution >= 4 is 43.6 Å². The molecule has 0 N–H and O–H groups in total. The molecular weight excluding hydrogens is 657 g/mol. The van der Waals surface area contributed by atoms with Crippen molar-refractivity contribution in [2.24, 2.45) is 0 Å². The van der Waals surface area contributed by atoms with E-state index in [1.807, 2.05) is 0 Å². The number of hydrogen-bond donors (Lipinski definition) is 0. The van der Waals surface area contributed by atoms with Crippen LogP contribution in [0.2, 0.25) is 0 Å². The van der Waals surface area contributed by atoms with Gasteiger partial charge in [0.2, 0.25) is 0 Å². The SMILES string of the molecule is Cc1cccc(-c2cc(-c3c(C)cc(-n4c5ccccc5c5cc(-n6c7ccccc7c7ccccc76)ccc54)cc3C)nc(-c3cccc(C)c3)n2)c1. The minimum absolute atomic E-state index is 0.733. The predicted molar refractivity (Wildman–Crippen MR) is 226 cm³/mol. The lowest BCUT2D eigenvalue weighted by atomic mass is 9.97. The quantitative estimate of drug-likeness (QED) is 0.180. The number of rotatable bonds is 5. The molecule has 10 aromatic rings. The molecule has 0 amide bonds. The highest BCUT2D eigenvalue weighted by Gasteiger charge is 2.19. The highest BCUT2D eigenvalue weighted by atomic mass is 15.0. The fourth-order valence-electron chi connectivity index (χ4n) is 8.49. The van der Waals surface area contributed by atoms with E-state index in [0.29, 0.717) is 0 Å². The van der Waals surface area contributed by atoms with Crippen LogP contribution in [0.4, 0.5) is 0 Å². The maximum absolute atomic E-state index is 5.23. The summed E-state index contributed by atoms with van der Waals surface area (Å²) in [6, 6.07) is 56.9. The Labute approximate surface area is 314 Å². The molecule has 3 heterocycles. The van der Waals surface area contributed by atoms with Gasteiger partial charge in [0, 0.05) is 49.6 Å². The lowest BCUT2D eigenvalue weighted by Gasteiger charge is -2.17.